The van der Waals surface area contributed by atoms with Crippen molar-refractivity contribution >= 4 is 34.6 Å². The normalized spacial score (nSPS) is 15.4. The van der Waals surface area contributed by atoms with Crippen LogP contribution >= 0.6 is 23.8 Å². The van der Waals surface area contributed by atoms with Gasteiger partial charge in [0.05, 0.1) is 10.7 Å². The third-order valence-corrected chi connectivity index (χ3v) is 3.01. The number of nitrogens with one attached hydrogen (secondary N) is 1. The number of anilines is 1. The Labute approximate surface area is 116 Å². The van der Waals surface area contributed by atoms with E-state index in [1.807, 2.05) is 13.8 Å². The van der Waals surface area contributed by atoms with E-state index < -0.39 is 5.79 Å². The standard InChI is InChI=1S/C11H14ClN3O2S/c1-11(2)16-8-4-6(12)7(5-9(8)17-11)14-10(18)15(3)13/h4-5H,13H2,1-3H3,(H,14,18). The third-order valence-electron chi connectivity index (χ3n) is 2.31. The molecule has 1 heterocycles. The molecule has 0 atom stereocenters. The molecule has 0 saturated carbocycles. The van der Waals surface area contributed by atoms with Crippen molar-refractivity contribution in [3.8, 4) is 11.5 Å². The maximum absolute atomic E-state index is 6.13. The predicted octanol–water partition coefficient (Wildman–Crippen LogP) is 2.35. The van der Waals surface area contributed by atoms with Crippen LogP contribution in [0.3, 0.4) is 0 Å². The van der Waals surface area contributed by atoms with Gasteiger partial charge >= 0.3 is 0 Å². The Kier molecular flexibility index (Phi) is 3.27. The molecule has 0 amide bonds. The van der Waals surface area contributed by atoms with Crippen molar-refractivity contribution in [3.63, 3.8) is 0 Å². The van der Waals surface area contributed by atoms with E-state index in [1.54, 1.807) is 19.2 Å². The molecule has 18 heavy (non-hydrogen) atoms. The summed E-state index contributed by atoms with van der Waals surface area (Å²) in [4.78, 5) is 0. The fourth-order valence-electron chi connectivity index (χ4n) is 1.54. The smallest absolute Gasteiger partial charge is 0.246 e. The molecule has 0 spiro atoms. The zero-order valence-electron chi connectivity index (χ0n) is 10.3. The van der Waals surface area contributed by atoms with Crippen LogP contribution in [0, 0.1) is 0 Å². The lowest BCUT2D eigenvalue weighted by molar-refractivity contribution is -0.0431. The second kappa shape index (κ2) is 4.46. The largest absolute Gasteiger partial charge is 0.449 e. The predicted molar refractivity (Wildman–Crippen MR) is 75.0 cm³/mol. The molecule has 0 aliphatic carbocycles. The molecule has 0 saturated heterocycles. The van der Waals surface area contributed by atoms with E-state index in [1.165, 1.54) is 5.01 Å². The van der Waals surface area contributed by atoms with Crippen molar-refractivity contribution < 1.29 is 9.47 Å². The van der Waals surface area contributed by atoms with E-state index in [0.717, 1.165) is 0 Å². The highest BCUT2D eigenvalue weighted by Crippen LogP contribution is 2.43. The molecule has 98 valence electrons. The van der Waals surface area contributed by atoms with Gasteiger partial charge in [0.2, 0.25) is 5.79 Å². The molecule has 1 aromatic rings. The number of hydrogen-bond donors (Lipinski definition) is 2. The number of rotatable bonds is 1. The molecule has 2 rings (SSSR count). The monoisotopic (exact) mass is 287 g/mol. The Bertz CT molecular complexity index is 505. The van der Waals surface area contributed by atoms with E-state index >= 15 is 0 Å². The number of hydrogen-bond acceptors (Lipinski definition) is 4. The second-order valence-corrected chi connectivity index (χ2v) is 5.22. The minimum absolute atomic E-state index is 0.357. The molecule has 1 aliphatic heterocycles. The second-order valence-electron chi connectivity index (χ2n) is 4.42. The van der Waals surface area contributed by atoms with Crippen molar-refractivity contribution in [3.05, 3.63) is 17.2 Å². The highest BCUT2D eigenvalue weighted by Gasteiger charge is 2.32. The van der Waals surface area contributed by atoms with Gasteiger partial charge in [0, 0.05) is 33.0 Å². The molecule has 1 aliphatic rings. The Morgan fingerprint density at radius 2 is 1.94 bits per heavy atom. The number of ether oxygens (including phenoxy) is 2. The van der Waals surface area contributed by atoms with Crippen LogP contribution < -0.4 is 20.6 Å². The number of benzene rings is 1. The van der Waals surface area contributed by atoms with Crippen LogP contribution in [0.2, 0.25) is 5.02 Å². The molecule has 3 N–H and O–H groups in total. The van der Waals surface area contributed by atoms with Crippen LogP contribution in [0.5, 0.6) is 11.5 Å². The van der Waals surface area contributed by atoms with Gasteiger partial charge in [-0.15, -0.1) is 0 Å². The van der Waals surface area contributed by atoms with Gasteiger partial charge in [0.15, 0.2) is 16.6 Å². The van der Waals surface area contributed by atoms with E-state index in [-0.39, 0.29) is 0 Å². The van der Waals surface area contributed by atoms with Crippen LogP contribution in [-0.2, 0) is 0 Å². The summed E-state index contributed by atoms with van der Waals surface area (Å²) in [5, 5.41) is 5.07. The Morgan fingerprint density at radius 1 is 1.39 bits per heavy atom. The zero-order chi connectivity index (χ0) is 13.5. The van der Waals surface area contributed by atoms with Crippen molar-refractivity contribution in [2.45, 2.75) is 19.6 Å². The van der Waals surface area contributed by atoms with E-state index in [9.17, 15) is 0 Å². The van der Waals surface area contributed by atoms with Crippen LogP contribution in [-0.4, -0.2) is 23.0 Å². The first-order chi connectivity index (χ1) is 8.28. The van der Waals surface area contributed by atoms with Crippen LogP contribution in [0.15, 0.2) is 12.1 Å². The molecule has 0 aromatic heterocycles. The van der Waals surface area contributed by atoms with Gasteiger partial charge in [-0.25, -0.2) is 5.84 Å². The molecule has 0 bridgehead atoms. The molecule has 7 heteroatoms. The molecule has 5 nitrogen and oxygen atoms in total. The van der Waals surface area contributed by atoms with Crippen molar-refractivity contribution in [1.29, 1.82) is 0 Å². The maximum atomic E-state index is 6.13. The average Bonchev–Trinajstić information content (AvgIpc) is 2.51. The van der Waals surface area contributed by atoms with Crippen LogP contribution in [0.25, 0.3) is 0 Å². The number of halogens is 1. The quantitative estimate of drug-likeness (QED) is 0.470. The first-order valence-corrected chi connectivity index (χ1v) is 6.08. The van der Waals surface area contributed by atoms with Crippen molar-refractivity contribution in [2.24, 2.45) is 5.84 Å². The average molecular weight is 288 g/mol. The van der Waals surface area contributed by atoms with Crippen LogP contribution in [0.1, 0.15) is 13.8 Å². The minimum atomic E-state index is -0.685. The molecular formula is C11H14ClN3O2S. The van der Waals surface area contributed by atoms with Gasteiger partial charge in [0.25, 0.3) is 0 Å². The Hall–Kier alpha value is -1.24. The number of hydrazine groups is 1. The molecule has 0 radical (unpaired) electrons. The Balaban J connectivity index is 2.28. The van der Waals surface area contributed by atoms with Crippen molar-refractivity contribution in [1.82, 2.24) is 5.01 Å². The lowest BCUT2D eigenvalue weighted by Crippen LogP contribution is -2.36. The summed E-state index contributed by atoms with van der Waals surface area (Å²) in [7, 11) is 1.64. The number of nitrogens with two attached hydrogens (primary N) is 1. The van der Waals surface area contributed by atoms with Crippen molar-refractivity contribution in [2.75, 3.05) is 12.4 Å². The maximum Gasteiger partial charge on any atom is 0.246 e. The Morgan fingerprint density at radius 3 is 2.50 bits per heavy atom. The summed E-state index contributed by atoms with van der Waals surface area (Å²) < 4.78 is 11.2. The zero-order valence-corrected chi connectivity index (χ0v) is 11.9. The minimum Gasteiger partial charge on any atom is -0.449 e. The molecule has 1 aromatic carbocycles. The van der Waals surface area contributed by atoms with E-state index in [0.29, 0.717) is 27.3 Å². The SMILES string of the molecule is CN(N)C(=S)Nc1cc2c(cc1Cl)OC(C)(C)O2. The van der Waals surface area contributed by atoms with Gasteiger partial charge in [-0.1, -0.05) is 11.6 Å². The molecular weight excluding hydrogens is 274 g/mol. The van der Waals surface area contributed by atoms with E-state index in [4.69, 9.17) is 39.1 Å². The highest BCUT2D eigenvalue weighted by atomic mass is 35.5. The lowest BCUT2D eigenvalue weighted by atomic mass is 10.3. The molecule has 0 fully saturated rings. The number of thiocarbonyl (C=S) groups is 1. The van der Waals surface area contributed by atoms with Gasteiger partial charge in [-0.2, -0.15) is 0 Å². The van der Waals surface area contributed by atoms with Gasteiger partial charge < -0.3 is 14.8 Å². The highest BCUT2D eigenvalue weighted by molar-refractivity contribution is 7.80. The number of nitrogens with zero attached hydrogens (tertiary/aromatic N) is 1. The van der Waals surface area contributed by atoms with Gasteiger partial charge in [-0.05, 0) is 12.2 Å². The summed E-state index contributed by atoms with van der Waals surface area (Å²) in [6.07, 6.45) is 0. The fourth-order valence-corrected chi connectivity index (χ4v) is 1.86. The van der Waals surface area contributed by atoms with Crippen LogP contribution in [0.4, 0.5) is 5.69 Å². The summed E-state index contributed by atoms with van der Waals surface area (Å²) in [6.45, 7) is 3.65. The summed E-state index contributed by atoms with van der Waals surface area (Å²) in [5.74, 6) is 6.07. The van der Waals surface area contributed by atoms with Gasteiger partial charge in [-0.3, -0.25) is 5.01 Å². The fraction of sp³-hybridized carbons (Fsp3) is 0.364. The first-order valence-electron chi connectivity index (χ1n) is 5.29. The third kappa shape index (κ3) is 2.60. The van der Waals surface area contributed by atoms with E-state index in [2.05, 4.69) is 5.32 Å². The summed E-state index contributed by atoms with van der Waals surface area (Å²) in [5.41, 5.74) is 0.624. The van der Waals surface area contributed by atoms with Gasteiger partial charge in [0.1, 0.15) is 0 Å². The number of fused-ring (bicyclic) bond motifs is 1. The first kappa shape index (κ1) is 13.2. The topological polar surface area (TPSA) is 59.8 Å². The summed E-state index contributed by atoms with van der Waals surface area (Å²) >= 11 is 11.2. The lowest BCUT2D eigenvalue weighted by Gasteiger charge is -2.16. The molecule has 0 unspecified atom stereocenters. The summed E-state index contributed by atoms with van der Waals surface area (Å²) in [6, 6.07) is 3.43.